The highest BCUT2D eigenvalue weighted by Crippen LogP contribution is 2.15. The summed E-state index contributed by atoms with van der Waals surface area (Å²) in [4.78, 5) is 9.74. The molecule has 3 nitrogen and oxygen atoms in total. The van der Waals surface area contributed by atoms with Gasteiger partial charge in [0.25, 0.3) is 0 Å². The van der Waals surface area contributed by atoms with Crippen LogP contribution >= 0.6 is 15.9 Å². The van der Waals surface area contributed by atoms with Crippen LogP contribution in [0.3, 0.4) is 0 Å². The van der Waals surface area contributed by atoms with E-state index in [4.69, 9.17) is 4.84 Å². The number of benzene rings is 2. The molecule has 0 atom stereocenters. The molecule has 3 aromatic rings. The van der Waals surface area contributed by atoms with Crippen LogP contribution in [0.25, 0.3) is 0 Å². The van der Waals surface area contributed by atoms with Gasteiger partial charge in [0.1, 0.15) is 12.3 Å². The van der Waals surface area contributed by atoms with E-state index in [9.17, 15) is 0 Å². The van der Waals surface area contributed by atoms with Gasteiger partial charge < -0.3 is 4.84 Å². The van der Waals surface area contributed by atoms with Crippen molar-refractivity contribution in [2.75, 3.05) is 0 Å². The predicted octanol–water partition coefficient (Wildman–Crippen LogP) is 4.81. The van der Waals surface area contributed by atoms with E-state index in [1.54, 1.807) is 12.4 Å². The highest BCUT2D eigenvalue weighted by Gasteiger charge is 2.08. The van der Waals surface area contributed by atoms with Gasteiger partial charge in [-0.1, -0.05) is 63.6 Å². The van der Waals surface area contributed by atoms with Gasteiger partial charge in [0.15, 0.2) is 0 Å². The molecule has 0 saturated heterocycles. The number of nitrogens with zero attached hydrogens (tertiary/aromatic N) is 2. The standard InChI is InChI=1S/C19H15BrN2O/c20-18-10-8-16(9-11-18)19(17-7-4-12-21-13-17)22-23-14-15-5-2-1-3-6-15/h1-13H,14H2/b22-19+. The van der Waals surface area contributed by atoms with Crippen molar-refractivity contribution in [3.05, 3.63) is 100 Å². The van der Waals surface area contributed by atoms with Crippen LogP contribution in [0, 0.1) is 0 Å². The molecule has 0 aliphatic carbocycles. The number of hydrogen-bond acceptors (Lipinski definition) is 3. The van der Waals surface area contributed by atoms with Crippen LogP contribution in [-0.2, 0) is 11.4 Å². The summed E-state index contributed by atoms with van der Waals surface area (Å²) in [5.74, 6) is 0. The number of rotatable bonds is 5. The third-order valence-electron chi connectivity index (χ3n) is 3.28. The van der Waals surface area contributed by atoms with Crippen LogP contribution in [0.1, 0.15) is 16.7 Å². The fourth-order valence-electron chi connectivity index (χ4n) is 2.13. The Bertz CT molecular complexity index is 771. The third-order valence-corrected chi connectivity index (χ3v) is 3.81. The Morgan fingerprint density at radius 1 is 0.913 bits per heavy atom. The Morgan fingerprint density at radius 3 is 2.39 bits per heavy atom. The van der Waals surface area contributed by atoms with Gasteiger partial charge in [-0.15, -0.1) is 0 Å². The second kappa shape index (κ2) is 7.70. The minimum Gasteiger partial charge on any atom is -0.390 e. The van der Waals surface area contributed by atoms with Crippen molar-refractivity contribution >= 4 is 21.6 Å². The lowest BCUT2D eigenvalue weighted by Gasteiger charge is -2.07. The fourth-order valence-corrected chi connectivity index (χ4v) is 2.39. The highest BCUT2D eigenvalue weighted by molar-refractivity contribution is 9.10. The average Bonchev–Trinajstić information content (AvgIpc) is 2.61. The van der Waals surface area contributed by atoms with Gasteiger partial charge in [-0.05, 0) is 29.8 Å². The molecule has 0 N–H and O–H groups in total. The molecule has 0 spiro atoms. The summed E-state index contributed by atoms with van der Waals surface area (Å²) >= 11 is 3.45. The van der Waals surface area contributed by atoms with E-state index in [0.29, 0.717) is 6.61 Å². The second-order valence-corrected chi connectivity index (χ2v) is 5.86. The number of halogens is 1. The Balaban J connectivity index is 1.86. The molecule has 2 aromatic carbocycles. The first-order valence-corrected chi connectivity index (χ1v) is 8.02. The SMILES string of the molecule is Brc1ccc(/C(=N\OCc2ccccc2)c2cccnc2)cc1. The molecule has 4 heteroatoms. The molecule has 0 unspecified atom stereocenters. The van der Waals surface area contributed by atoms with E-state index < -0.39 is 0 Å². The molecule has 0 radical (unpaired) electrons. The van der Waals surface area contributed by atoms with Crippen molar-refractivity contribution in [2.45, 2.75) is 6.61 Å². The third kappa shape index (κ3) is 4.27. The molecular weight excluding hydrogens is 352 g/mol. The van der Waals surface area contributed by atoms with Gasteiger partial charge in [0, 0.05) is 28.0 Å². The maximum absolute atomic E-state index is 5.57. The number of pyridine rings is 1. The quantitative estimate of drug-likeness (QED) is 0.479. The molecule has 3 rings (SSSR count). The molecule has 0 bridgehead atoms. The number of aromatic nitrogens is 1. The Labute approximate surface area is 143 Å². The Hall–Kier alpha value is -2.46. The lowest BCUT2D eigenvalue weighted by Crippen LogP contribution is -2.05. The molecule has 0 amide bonds. The van der Waals surface area contributed by atoms with E-state index in [1.165, 1.54) is 0 Å². The first kappa shape index (κ1) is 15.4. The first-order chi connectivity index (χ1) is 11.3. The minimum absolute atomic E-state index is 0.432. The maximum Gasteiger partial charge on any atom is 0.142 e. The molecule has 0 aliphatic heterocycles. The summed E-state index contributed by atoms with van der Waals surface area (Å²) in [6, 6.07) is 21.8. The van der Waals surface area contributed by atoms with Crippen molar-refractivity contribution in [1.82, 2.24) is 4.98 Å². The fraction of sp³-hybridized carbons (Fsp3) is 0.0526. The van der Waals surface area contributed by atoms with Crippen molar-refractivity contribution in [3.63, 3.8) is 0 Å². The Morgan fingerprint density at radius 2 is 1.70 bits per heavy atom. The van der Waals surface area contributed by atoms with Crippen LogP contribution < -0.4 is 0 Å². The van der Waals surface area contributed by atoms with Gasteiger partial charge in [0.05, 0.1) is 0 Å². The highest BCUT2D eigenvalue weighted by atomic mass is 79.9. The summed E-state index contributed by atoms with van der Waals surface area (Å²) < 4.78 is 1.02. The van der Waals surface area contributed by atoms with Crippen molar-refractivity contribution < 1.29 is 4.84 Å². The zero-order valence-corrected chi connectivity index (χ0v) is 14.0. The first-order valence-electron chi connectivity index (χ1n) is 7.23. The zero-order valence-electron chi connectivity index (χ0n) is 12.4. The van der Waals surface area contributed by atoms with Crippen LogP contribution in [0.4, 0.5) is 0 Å². The lowest BCUT2D eigenvalue weighted by atomic mass is 10.0. The van der Waals surface area contributed by atoms with Gasteiger partial charge in [-0.2, -0.15) is 0 Å². The van der Waals surface area contributed by atoms with E-state index in [1.807, 2.05) is 66.7 Å². The van der Waals surface area contributed by atoms with Crippen molar-refractivity contribution in [1.29, 1.82) is 0 Å². The summed E-state index contributed by atoms with van der Waals surface area (Å²) in [6.07, 6.45) is 3.53. The predicted molar refractivity (Wildman–Crippen MR) is 95.2 cm³/mol. The molecule has 1 heterocycles. The largest absolute Gasteiger partial charge is 0.390 e. The summed E-state index contributed by atoms with van der Waals surface area (Å²) in [7, 11) is 0. The van der Waals surface area contributed by atoms with Crippen LogP contribution in [-0.4, -0.2) is 10.7 Å². The van der Waals surface area contributed by atoms with Crippen LogP contribution in [0.5, 0.6) is 0 Å². The minimum atomic E-state index is 0.432. The average molecular weight is 367 g/mol. The molecule has 23 heavy (non-hydrogen) atoms. The number of oxime groups is 1. The molecule has 0 fully saturated rings. The van der Waals surface area contributed by atoms with Crippen molar-refractivity contribution in [3.8, 4) is 0 Å². The van der Waals surface area contributed by atoms with Gasteiger partial charge in [-0.25, -0.2) is 0 Å². The lowest BCUT2D eigenvalue weighted by molar-refractivity contribution is 0.131. The molecule has 0 saturated carbocycles. The smallest absolute Gasteiger partial charge is 0.142 e. The summed E-state index contributed by atoms with van der Waals surface area (Å²) in [6.45, 7) is 0.432. The second-order valence-electron chi connectivity index (χ2n) is 4.95. The van der Waals surface area contributed by atoms with Crippen LogP contribution in [0.15, 0.2) is 88.8 Å². The molecule has 114 valence electrons. The normalized spacial score (nSPS) is 11.3. The van der Waals surface area contributed by atoms with E-state index in [0.717, 1.165) is 26.9 Å². The van der Waals surface area contributed by atoms with Crippen LogP contribution in [0.2, 0.25) is 0 Å². The van der Waals surface area contributed by atoms with E-state index in [-0.39, 0.29) is 0 Å². The van der Waals surface area contributed by atoms with Gasteiger partial charge >= 0.3 is 0 Å². The topological polar surface area (TPSA) is 34.5 Å². The summed E-state index contributed by atoms with van der Waals surface area (Å²) in [5, 5.41) is 4.35. The molecular formula is C19H15BrN2O. The molecule has 1 aromatic heterocycles. The molecule has 0 aliphatic rings. The maximum atomic E-state index is 5.57. The van der Waals surface area contributed by atoms with E-state index >= 15 is 0 Å². The van der Waals surface area contributed by atoms with Gasteiger partial charge in [0.2, 0.25) is 0 Å². The Kier molecular flexibility index (Phi) is 5.17. The van der Waals surface area contributed by atoms with Crippen molar-refractivity contribution in [2.24, 2.45) is 5.16 Å². The van der Waals surface area contributed by atoms with E-state index in [2.05, 4.69) is 26.1 Å². The van der Waals surface area contributed by atoms with Gasteiger partial charge in [-0.3, -0.25) is 4.98 Å². The monoisotopic (exact) mass is 366 g/mol. The summed E-state index contributed by atoms with van der Waals surface area (Å²) in [5.41, 5.74) is 3.75. The zero-order chi connectivity index (χ0) is 15.9. The number of hydrogen-bond donors (Lipinski definition) is 0.